The van der Waals surface area contributed by atoms with Crippen molar-refractivity contribution in [2.24, 2.45) is 0 Å². The molecule has 1 aliphatic rings. The molecule has 0 radical (unpaired) electrons. The maximum atomic E-state index is 5.62. The van der Waals surface area contributed by atoms with Crippen LogP contribution in [0.4, 0.5) is 0 Å². The summed E-state index contributed by atoms with van der Waals surface area (Å²) in [4.78, 5) is 0. The zero-order valence-corrected chi connectivity index (χ0v) is 12.2. The predicted molar refractivity (Wildman–Crippen MR) is 83.1 cm³/mol. The number of aromatic nitrogens is 1. The normalized spacial score (nSPS) is 12.8. The van der Waals surface area contributed by atoms with Crippen LogP contribution < -0.4 is 9.47 Å². The van der Waals surface area contributed by atoms with Crippen molar-refractivity contribution in [3.8, 4) is 34.1 Å². The van der Waals surface area contributed by atoms with Gasteiger partial charge in [-0.3, -0.25) is 0 Å². The van der Waals surface area contributed by atoms with E-state index in [1.54, 1.807) is 7.11 Å². The quantitative estimate of drug-likeness (QED) is 0.733. The molecule has 0 amide bonds. The molecule has 0 bridgehead atoms. The van der Waals surface area contributed by atoms with Crippen molar-refractivity contribution in [1.29, 1.82) is 0 Å². The highest BCUT2D eigenvalue weighted by molar-refractivity contribution is 5.70. The molecular weight excluding hydrogens is 278 g/mol. The van der Waals surface area contributed by atoms with Crippen LogP contribution in [0, 0.1) is 0 Å². The van der Waals surface area contributed by atoms with Crippen molar-refractivity contribution in [3.63, 3.8) is 0 Å². The molecule has 0 saturated heterocycles. The molecule has 1 aromatic heterocycles. The molecule has 0 aliphatic carbocycles. The standard InChI is InChI=1S/C18H15NO3/c1-20-17-10-14(9-13-7-8-21-18(13)17)15-11-16(22-19-15)12-5-3-2-4-6-12/h2-6,9-11H,7-8H2,1H3. The first-order chi connectivity index (χ1) is 10.8. The summed E-state index contributed by atoms with van der Waals surface area (Å²) in [6.07, 6.45) is 0.892. The van der Waals surface area contributed by atoms with Crippen molar-refractivity contribution in [2.45, 2.75) is 6.42 Å². The Morgan fingerprint density at radius 2 is 1.91 bits per heavy atom. The summed E-state index contributed by atoms with van der Waals surface area (Å²) in [5.74, 6) is 2.35. The first kappa shape index (κ1) is 13.0. The molecule has 22 heavy (non-hydrogen) atoms. The Labute approximate surface area is 128 Å². The fourth-order valence-corrected chi connectivity index (χ4v) is 2.72. The Kier molecular flexibility index (Phi) is 3.07. The number of fused-ring (bicyclic) bond motifs is 1. The van der Waals surface area contributed by atoms with Gasteiger partial charge in [0, 0.05) is 29.2 Å². The van der Waals surface area contributed by atoms with Gasteiger partial charge in [-0.05, 0) is 12.1 Å². The molecule has 2 heterocycles. The van der Waals surface area contributed by atoms with Crippen LogP contribution in [0.25, 0.3) is 22.6 Å². The van der Waals surface area contributed by atoms with E-state index in [1.807, 2.05) is 42.5 Å². The van der Waals surface area contributed by atoms with Gasteiger partial charge in [0.1, 0.15) is 5.69 Å². The highest BCUT2D eigenvalue weighted by atomic mass is 16.5. The Hall–Kier alpha value is -2.75. The van der Waals surface area contributed by atoms with Gasteiger partial charge in [-0.25, -0.2) is 0 Å². The number of rotatable bonds is 3. The molecule has 0 N–H and O–H groups in total. The molecule has 4 rings (SSSR count). The van der Waals surface area contributed by atoms with Crippen molar-refractivity contribution >= 4 is 0 Å². The first-order valence-electron chi connectivity index (χ1n) is 7.21. The van der Waals surface area contributed by atoms with E-state index in [9.17, 15) is 0 Å². The second-order valence-corrected chi connectivity index (χ2v) is 5.21. The second kappa shape index (κ2) is 5.22. The molecule has 0 atom stereocenters. The van der Waals surface area contributed by atoms with Gasteiger partial charge < -0.3 is 14.0 Å². The number of ether oxygens (including phenoxy) is 2. The average Bonchev–Trinajstić information content (AvgIpc) is 3.23. The Morgan fingerprint density at radius 3 is 2.73 bits per heavy atom. The lowest BCUT2D eigenvalue weighted by Crippen LogP contribution is -1.91. The third-order valence-corrected chi connectivity index (χ3v) is 3.83. The molecule has 2 aromatic carbocycles. The van der Waals surface area contributed by atoms with Gasteiger partial charge >= 0.3 is 0 Å². The van der Waals surface area contributed by atoms with Crippen LogP contribution in [-0.2, 0) is 6.42 Å². The lowest BCUT2D eigenvalue weighted by molar-refractivity contribution is 0.326. The summed E-state index contributed by atoms with van der Waals surface area (Å²) >= 11 is 0. The predicted octanol–water partition coefficient (Wildman–Crippen LogP) is 3.95. The molecule has 0 unspecified atom stereocenters. The lowest BCUT2D eigenvalue weighted by Gasteiger charge is -2.08. The monoisotopic (exact) mass is 293 g/mol. The minimum Gasteiger partial charge on any atom is -0.493 e. The van der Waals surface area contributed by atoms with Crippen molar-refractivity contribution in [1.82, 2.24) is 5.16 Å². The summed E-state index contributed by atoms with van der Waals surface area (Å²) in [6, 6.07) is 15.9. The Bertz CT molecular complexity index is 808. The van der Waals surface area contributed by atoms with E-state index in [1.165, 1.54) is 0 Å². The van der Waals surface area contributed by atoms with E-state index in [4.69, 9.17) is 14.0 Å². The van der Waals surface area contributed by atoms with Crippen molar-refractivity contribution < 1.29 is 14.0 Å². The minimum atomic E-state index is 0.698. The van der Waals surface area contributed by atoms with E-state index in [0.29, 0.717) is 6.61 Å². The van der Waals surface area contributed by atoms with E-state index in [0.717, 1.165) is 46.1 Å². The third kappa shape index (κ3) is 2.13. The highest BCUT2D eigenvalue weighted by Gasteiger charge is 2.20. The molecule has 0 spiro atoms. The highest BCUT2D eigenvalue weighted by Crippen LogP contribution is 2.39. The summed E-state index contributed by atoms with van der Waals surface area (Å²) < 4.78 is 16.5. The topological polar surface area (TPSA) is 44.5 Å². The minimum absolute atomic E-state index is 0.698. The largest absolute Gasteiger partial charge is 0.493 e. The smallest absolute Gasteiger partial charge is 0.167 e. The zero-order valence-electron chi connectivity index (χ0n) is 12.2. The molecule has 110 valence electrons. The van der Waals surface area contributed by atoms with Crippen LogP contribution in [0.15, 0.2) is 53.1 Å². The van der Waals surface area contributed by atoms with Crippen LogP contribution in [-0.4, -0.2) is 18.9 Å². The number of methoxy groups -OCH3 is 1. The Balaban J connectivity index is 1.76. The number of hydrogen-bond donors (Lipinski definition) is 0. The first-order valence-corrected chi connectivity index (χ1v) is 7.21. The zero-order chi connectivity index (χ0) is 14.9. The third-order valence-electron chi connectivity index (χ3n) is 3.83. The van der Waals surface area contributed by atoms with Crippen molar-refractivity contribution in [3.05, 3.63) is 54.1 Å². The molecule has 0 saturated carbocycles. The molecule has 4 heteroatoms. The van der Waals surface area contributed by atoms with Gasteiger partial charge in [0.25, 0.3) is 0 Å². The molecule has 4 nitrogen and oxygen atoms in total. The Morgan fingerprint density at radius 1 is 1.05 bits per heavy atom. The molecular formula is C18H15NO3. The number of hydrogen-bond acceptors (Lipinski definition) is 4. The summed E-state index contributed by atoms with van der Waals surface area (Å²) in [7, 11) is 1.65. The van der Waals surface area contributed by atoms with Gasteiger partial charge in [0.05, 0.1) is 13.7 Å². The van der Waals surface area contributed by atoms with Crippen molar-refractivity contribution in [2.75, 3.05) is 13.7 Å². The lowest BCUT2D eigenvalue weighted by atomic mass is 10.0. The number of benzene rings is 2. The molecule has 1 aliphatic heterocycles. The number of nitrogens with zero attached hydrogens (tertiary/aromatic N) is 1. The van der Waals surface area contributed by atoms with Crippen LogP contribution in [0.1, 0.15) is 5.56 Å². The van der Waals surface area contributed by atoms with E-state index >= 15 is 0 Å². The maximum absolute atomic E-state index is 5.62. The van der Waals surface area contributed by atoms with Gasteiger partial charge in [0.15, 0.2) is 17.3 Å². The van der Waals surface area contributed by atoms with Crippen LogP contribution in [0.3, 0.4) is 0 Å². The van der Waals surface area contributed by atoms with Gasteiger partial charge in [-0.2, -0.15) is 0 Å². The van der Waals surface area contributed by atoms with Gasteiger partial charge in [0.2, 0.25) is 0 Å². The van der Waals surface area contributed by atoms with Gasteiger partial charge in [-0.1, -0.05) is 35.5 Å². The van der Waals surface area contributed by atoms with Gasteiger partial charge in [-0.15, -0.1) is 0 Å². The summed E-state index contributed by atoms with van der Waals surface area (Å²) in [5.41, 5.74) is 3.94. The summed E-state index contributed by atoms with van der Waals surface area (Å²) in [5, 5.41) is 4.19. The molecule has 0 fully saturated rings. The fraction of sp³-hybridized carbons (Fsp3) is 0.167. The van der Waals surface area contributed by atoms with E-state index < -0.39 is 0 Å². The average molecular weight is 293 g/mol. The van der Waals surface area contributed by atoms with Crippen LogP contribution >= 0.6 is 0 Å². The fourth-order valence-electron chi connectivity index (χ4n) is 2.72. The van der Waals surface area contributed by atoms with Crippen LogP contribution in [0.2, 0.25) is 0 Å². The second-order valence-electron chi connectivity index (χ2n) is 5.21. The maximum Gasteiger partial charge on any atom is 0.167 e. The van der Waals surface area contributed by atoms with E-state index in [2.05, 4.69) is 11.2 Å². The summed E-state index contributed by atoms with van der Waals surface area (Å²) in [6.45, 7) is 0.698. The SMILES string of the molecule is COc1cc(-c2cc(-c3ccccc3)on2)cc2c1OCC2. The van der Waals surface area contributed by atoms with E-state index in [-0.39, 0.29) is 0 Å². The van der Waals surface area contributed by atoms with Crippen LogP contribution in [0.5, 0.6) is 11.5 Å². The molecule has 3 aromatic rings.